The van der Waals surface area contributed by atoms with Gasteiger partial charge >= 0.3 is 0 Å². The first-order chi connectivity index (χ1) is 7.76. The lowest BCUT2D eigenvalue weighted by Crippen LogP contribution is -2.30. The fourth-order valence-electron chi connectivity index (χ4n) is 2.00. The van der Waals surface area contributed by atoms with Crippen molar-refractivity contribution in [2.75, 3.05) is 13.1 Å². The minimum atomic E-state index is 0.00319. The van der Waals surface area contributed by atoms with E-state index >= 15 is 0 Å². The molecular formula is C12H14N2OS. The number of amides is 1. The first-order valence-corrected chi connectivity index (χ1v) is 6.35. The standard InChI is InChI=1S/C12H14N2OS/c1-2-14(7-6-13)12(15)11-8-9-4-3-5-10(9)16-11/h8H,2-5,7H2,1H3. The summed E-state index contributed by atoms with van der Waals surface area (Å²) in [5.74, 6) is 0.00319. The molecule has 1 aromatic heterocycles. The Morgan fingerprint density at radius 2 is 2.44 bits per heavy atom. The Morgan fingerprint density at radius 1 is 1.62 bits per heavy atom. The predicted octanol–water partition coefficient (Wildman–Crippen LogP) is 2.22. The van der Waals surface area contributed by atoms with E-state index < -0.39 is 0 Å². The topological polar surface area (TPSA) is 44.1 Å². The minimum absolute atomic E-state index is 0.00319. The number of thiophene rings is 1. The Bertz CT molecular complexity index is 423. The molecule has 84 valence electrons. The monoisotopic (exact) mass is 234 g/mol. The molecule has 0 radical (unpaired) electrons. The fourth-order valence-corrected chi connectivity index (χ4v) is 3.22. The number of nitrogens with zero attached hydrogens (tertiary/aromatic N) is 2. The minimum Gasteiger partial charge on any atom is -0.325 e. The zero-order valence-corrected chi connectivity index (χ0v) is 10.1. The van der Waals surface area contributed by atoms with Crippen LogP contribution >= 0.6 is 11.3 Å². The summed E-state index contributed by atoms with van der Waals surface area (Å²) in [5.41, 5.74) is 1.33. The largest absolute Gasteiger partial charge is 0.325 e. The van der Waals surface area contributed by atoms with E-state index in [0.29, 0.717) is 6.54 Å². The lowest BCUT2D eigenvalue weighted by molar-refractivity contribution is 0.0789. The molecule has 0 saturated heterocycles. The molecule has 1 amide bonds. The average molecular weight is 234 g/mol. The molecule has 0 atom stereocenters. The van der Waals surface area contributed by atoms with E-state index in [1.165, 1.54) is 16.9 Å². The van der Waals surface area contributed by atoms with E-state index in [-0.39, 0.29) is 12.5 Å². The van der Waals surface area contributed by atoms with E-state index in [4.69, 9.17) is 5.26 Å². The Balaban J connectivity index is 2.17. The first kappa shape index (κ1) is 11.2. The summed E-state index contributed by atoms with van der Waals surface area (Å²) in [7, 11) is 0. The molecule has 0 bridgehead atoms. The van der Waals surface area contributed by atoms with Gasteiger partial charge in [-0.2, -0.15) is 5.26 Å². The summed E-state index contributed by atoms with van der Waals surface area (Å²) in [5, 5.41) is 8.64. The molecule has 0 unspecified atom stereocenters. The number of hydrogen-bond donors (Lipinski definition) is 0. The Hall–Kier alpha value is -1.34. The molecule has 1 aliphatic rings. The molecule has 0 aromatic carbocycles. The molecule has 0 spiro atoms. The molecule has 16 heavy (non-hydrogen) atoms. The van der Waals surface area contributed by atoms with Crippen molar-refractivity contribution in [3.05, 3.63) is 21.4 Å². The van der Waals surface area contributed by atoms with Gasteiger partial charge in [-0.15, -0.1) is 11.3 Å². The van der Waals surface area contributed by atoms with E-state index in [0.717, 1.165) is 17.7 Å². The summed E-state index contributed by atoms with van der Waals surface area (Å²) >= 11 is 1.60. The number of aryl methyl sites for hydroxylation is 2. The fraction of sp³-hybridized carbons (Fsp3) is 0.500. The van der Waals surface area contributed by atoms with Gasteiger partial charge in [0.15, 0.2) is 0 Å². The van der Waals surface area contributed by atoms with Crippen LogP contribution in [0.5, 0.6) is 0 Å². The number of hydrogen-bond acceptors (Lipinski definition) is 3. The van der Waals surface area contributed by atoms with Crippen LogP contribution in [0.25, 0.3) is 0 Å². The third-order valence-electron chi connectivity index (χ3n) is 2.89. The van der Waals surface area contributed by atoms with Gasteiger partial charge in [-0.25, -0.2) is 0 Å². The normalized spacial score (nSPS) is 13.2. The number of rotatable bonds is 3. The summed E-state index contributed by atoms with van der Waals surface area (Å²) in [4.78, 5) is 15.8. The number of nitriles is 1. The quantitative estimate of drug-likeness (QED) is 0.753. The van der Waals surface area contributed by atoms with Gasteiger partial charge in [-0.05, 0) is 37.8 Å². The number of fused-ring (bicyclic) bond motifs is 1. The summed E-state index contributed by atoms with van der Waals surface area (Å²) < 4.78 is 0. The molecule has 1 aliphatic carbocycles. The van der Waals surface area contributed by atoms with Crippen molar-refractivity contribution in [3.8, 4) is 6.07 Å². The van der Waals surface area contributed by atoms with Gasteiger partial charge in [0, 0.05) is 11.4 Å². The van der Waals surface area contributed by atoms with Crippen LogP contribution in [0, 0.1) is 11.3 Å². The van der Waals surface area contributed by atoms with Crippen molar-refractivity contribution >= 4 is 17.2 Å². The molecule has 0 fully saturated rings. The van der Waals surface area contributed by atoms with Crippen LogP contribution in [0.2, 0.25) is 0 Å². The van der Waals surface area contributed by atoms with Crippen LogP contribution in [0.3, 0.4) is 0 Å². The van der Waals surface area contributed by atoms with E-state index in [2.05, 4.69) is 0 Å². The van der Waals surface area contributed by atoms with Crippen LogP contribution in [-0.4, -0.2) is 23.9 Å². The number of carbonyl (C=O) groups excluding carboxylic acids is 1. The van der Waals surface area contributed by atoms with Crippen LogP contribution in [0.4, 0.5) is 0 Å². The first-order valence-electron chi connectivity index (χ1n) is 5.54. The Kier molecular flexibility index (Phi) is 3.25. The second-order valence-electron chi connectivity index (χ2n) is 3.89. The van der Waals surface area contributed by atoms with Gasteiger partial charge < -0.3 is 4.90 Å². The van der Waals surface area contributed by atoms with Crippen molar-refractivity contribution in [3.63, 3.8) is 0 Å². The highest BCUT2D eigenvalue weighted by Gasteiger charge is 2.21. The van der Waals surface area contributed by atoms with Gasteiger partial charge in [-0.3, -0.25) is 4.79 Å². The third kappa shape index (κ3) is 1.96. The lowest BCUT2D eigenvalue weighted by atomic mass is 10.2. The van der Waals surface area contributed by atoms with Crippen LogP contribution in [0.1, 0.15) is 33.5 Å². The molecule has 0 N–H and O–H groups in total. The number of carbonyl (C=O) groups is 1. The zero-order valence-electron chi connectivity index (χ0n) is 9.32. The molecule has 1 heterocycles. The van der Waals surface area contributed by atoms with E-state index in [1.54, 1.807) is 16.2 Å². The smallest absolute Gasteiger partial charge is 0.264 e. The van der Waals surface area contributed by atoms with E-state index in [9.17, 15) is 4.79 Å². The highest BCUT2D eigenvalue weighted by molar-refractivity contribution is 7.14. The maximum atomic E-state index is 12.1. The van der Waals surface area contributed by atoms with E-state index in [1.807, 2.05) is 19.1 Å². The van der Waals surface area contributed by atoms with Gasteiger partial charge in [0.2, 0.25) is 0 Å². The molecule has 4 heteroatoms. The summed E-state index contributed by atoms with van der Waals surface area (Å²) in [6.45, 7) is 2.67. The average Bonchev–Trinajstić information content (AvgIpc) is 2.84. The Labute approximate surface area is 99.3 Å². The lowest BCUT2D eigenvalue weighted by Gasteiger charge is -2.15. The maximum absolute atomic E-state index is 12.1. The summed E-state index contributed by atoms with van der Waals surface area (Å²) in [6, 6.07) is 4.04. The Morgan fingerprint density at radius 3 is 3.06 bits per heavy atom. The van der Waals surface area contributed by atoms with Crippen LogP contribution < -0.4 is 0 Å². The molecular weight excluding hydrogens is 220 g/mol. The van der Waals surface area contributed by atoms with Gasteiger partial charge in [0.05, 0.1) is 10.9 Å². The second kappa shape index (κ2) is 4.67. The van der Waals surface area contributed by atoms with Crippen molar-refractivity contribution in [1.29, 1.82) is 5.26 Å². The van der Waals surface area contributed by atoms with Crippen molar-refractivity contribution < 1.29 is 4.79 Å². The highest BCUT2D eigenvalue weighted by atomic mass is 32.1. The molecule has 2 rings (SSSR count). The predicted molar refractivity (Wildman–Crippen MR) is 63.5 cm³/mol. The molecule has 0 saturated carbocycles. The van der Waals surface area contributed by atoms with Crippen LogP contribution in [0.15, 0.2) is 6.07 Å². The maximum Gasteiger partial charge on any atom is 0.264 e. The van der Waals surface area contributed by atoms with Crippen LogP contribution in [-0.2, 0) is 12.8 Å². The van der Waals surface area contributed by atoms with Gasteiger partial charge in [-0.1, -0.05) is 0 Å². The molecule has 0 aliphatic heterocycles. The van der Waals surface area contributed by atoms with Gasteiger partial charge in [0.1, 0.15) is 6.54 Å². The third-order valence-corrected chi connectivity index (χ3v) is 4.11. The molecule has 3 nitrogen and oxygen atoms in total. The zero-order chi connectivity index (χ0) is 11.5. The molecule has 1 aromatic rings. The highest BCUT2D eigenvalue weighted by Crippen LogP contribution is 2.31. The van der Waals surface area contributed by atoms with Crippen molar-refractivity contribution in [1.82, 2.24) is 4.90 Å². The van der Waals surface area contributed by atoms with Crippen molar-refractivity contribution in [2.45, 2.75) is 26.2 Å². The van der Waals surface area contributed by atoms with Crippen molar-refractivity contribution in [2.24, 2.45) is 0 Å². The van der Waals surface area contributed by atoms with Gasteiger partial charge in [0.25, 0.3) is 5.91 Å². The SMILES string of the molecule is CCN(CC#N)C(=O)c1cc2c(s1)CCC2. The summed E-state index contributed by atoms with van der Waals surface area (Å²) in [6.07, 6.45) is 3.42. The second-order valence-corrected chi connectivity index (χ2v) is 5.03.